The molecule has 2 fully saturated rings. The molecule has 18 heavy (non-hydrogen) atoms. The maximum Gasteiger partial charge on any atom is 0.345 e. The van der Waals surface area contributed by atoms with Crippen LogP contribution in [0, 0.1) is 0 Å². The van der Waals surface area contributed by atoms with E-state index >= 15 is 0 Å². The van der Waals surface area contributed by atoms with E-state index < -0.39 is 11.8 Å². The van der Waals surface area contributed by atoms with Crippen LogP contribution in [0.1, 0.15) is 22.5 Å². The summed E-state index contributed by atoms with van der Waals surface area (Å²) in [5, 5.41) is 9.92. The van der Waals surface area contributed by atoms with Crippen molar-refractivity contribution in [1.82, 2.24) is 0 Å². The topological polar surface area (TPSA) is 59.0 Å². The molecule has 3 heterocycles. The molecular weight excluding hydrogens is 254 g/mol. The van der Waals surface area contributed by atoms with Crippen LogP contribution in [0.5, 0.6) is 0 Å². The molecule has 2 aliphatic heterocycles. The Balaban J connectivity index is 1.76. The molecule has 2 aliphatic rings. The van der Waals surface area contributed by atoms with Crippen molar-refractivity contribution in [1.29, 1.82) is 0 Å². The number of carboxylic acid groups (broad SMARTS) is 1. The van der Waals surface area contributed by atoms with E-state index in [9.17, 15) is 4.79 Å². The van der Waals surface area contributed by atoms with Gasteiger partial charge in [-0.1, -0.05) is 0 Å². The van der Waals surface area contributed by atoms with E-state index in [1.807, 2.05) is 6.07 Å². The lowest BCUT2D eigenvalue weighted by Crippen LogP contribution is -2.48. The number of carboxylic acids is 1. The Bertz CT molecular complexity index is 453. The van der Waals surface area contributed by atoms with Crippen molar-refractivity contribution in [2.75, 3.05) is 31.2 Å². The summed E-state index contributed by atoms with van der Waals surface area (Å²) in [4.78, 5) is 13.4. The summed E-state index contributed by atoms with van der Waals surface area (Å²) in [5.74, 6) is -1.34. The van der Waals surface area contributed by atoms with Crippen molar-refractivity contribution in [3.05, 3.63) is 17.0 Å². The predicted octanol–water partition coefficient (Wildman–Crippen LogP) is 1.79. The number of anilines is 1. The van der Waals surface area contributed by atoms with Gasteiger partial charge in [-0.05, 0) is 18.6 Å². The number of hydrogen-bond donors (Lipinski definition) is 1. The summed E-state index contributed by atoms with van der Waals surface area (Å²) >= 11 is 1.30. The fourth-order valence-electron chi connectivity index (χ4n) is 2.52. The first-order chi connectivity index (χ1) is 8.69. The van der Waals surface area contributed by atoms with Gasteiger partial charge in [0.25, 0.3) is 0 Å². The fraction of sp³-hybridized carbons (Fsp3) is 0.583. The summed E-state index contributed by atoms with van der Waals surface area (Å²) in [5.41, 5.74) is 0. The lowest BCUT2D eigenvalue weighted by Gasteiger charge is -2.39. The Kier molecular flexibility index (Phi) is 3.01. The summed E-state index contributed by atoms with van der Waals surface area (Å²) in [6, 6.07) is 3.52. The average Bonchev–Trinajstić information content (AvgIpc) is 2.98. The largest absolute Gasteiger partial charge is 0.477 e. The molecular formula is C12H15NO4S. The Hall–Kier alpha value is -1.11. The van der Waals surface area contributed by atoms with E-state index in [4.69, 9.17) is 14.6 Å². The van der Waals surface area contributed by atoms with Crippen LogP contribution in [0.2, 0.25) is 0 Å². The third-order valence-corrected chi connectivity index (χ3v) is 4.48. The lowest BCUT2D eigenvalue weighted by atomic mass is 10.1. The molecule has 1 spiro atoms. The smallest absolute Gasteiger partial charge is 0.345 e. The second-order valence-corrected chi connectivity index (χ2v) is 5.64. The van der Waals surface area contributed by atoms with Crippen LogP contribution in [0.4, 0.5) is 5.00 Å². The number of piperidine rings is 1. The molecule has 1 aromatic heterocycles. The number of thiophene rings is 1. The molecule has 2 saturated heterocycles. The highest BCUT2D eigenvalue weighted by molar-refractivity contribution is 7.17. The van der Waals surface area contributed by atoms with Crippen molar-refractivity contribution in [2.45, 2.75) is 18.6 Å². The first kappa shape index (κ1) is 12.0. The van der Waals surface area contributed by atoms with Crippen molar-refractivity contribution >= 4 is 22.3 Å². The van der Waals surface area contributed by atoms with Crippen molar-refractivity contribution in [3.8, 4) is 0 Å². The van der Waals surface area contributed by atoms with Crippen molar-refractivity contribution in [3.63, 3.8) is 0 Å². The highest BCUT2D eigenvalue weighted by atomic mass is 32.1. The molecule has 6 heteroatoms. The van der Waals surface area contributed by atoms with Crippen LogP contribution < -0.4 is 4.90 Å². The molecule has 0 radical (unpaired) electrons. The molecule has 0 aliphatic carbocycles. The zero-order valence-electron chi connectivity index (χ0n) is 9.92. The number of aromatic carboxylic acids is 1. The SMILES string of the molecule is O=C(O)c1ccc(N2CCCC3(C2)OCCO3)s1. The third-order valence-electron chi connectivity index (χ3n) is 3.35. The Morgan fingerprint density at radius 2 is 2.17 bits per heavy atom. The minimum Gasteiger partial charge on any atom is -0.477 e. The van der Waals surface area contributed by atoms with Gasteiger partial charge in [-0.2, -0.15) is 0 Å². The summed E-state index contributed by atoms with van der Waals surface area (Å²) in [6.07, 6.45) is 1.92. The number of nitrogens with zero attached hydrogens (tertiary/aromatic N) is 1. The maximum atomic E-state index is 10.9. The monoisotopic (exact) mass is 269 g/mol. The van der Waals surface area contributed by atoms with E-state index in [0.29, 0.717) is 24.6 Å². The van der Waals surface area contributed by atoms with Crippen LogP contribution in [0.15, 0.2) is 12.1 Å². The molecule has 0 atom stereocenters. The Morgan fingerprint density at radius 1 is 1.39 bits per heavy atom. The van der Waals surface area contributed by atoms with Gasteiger partial charge in [-0.15, -0.1) is 11.3 Å². The minimum atomic E-state index is -0.869. The van der Waals surface area contributed by atoms with Gasteiger partial charge in [-0.25, -0.2) is 4.79 Å². The number of hydrogen-bond acceptors (Lipinski definition) is 5. The molecule has 0 aromatic carbocycles. The molecule has 1 N–H and O–H groups in total. The zero-order valence-corrected chi connectivity index (χ0v) is 10.7. The predicted molar refractivity (Wildman–Crippen MR) is 67.4 cm³/mol. The third kappa shape index (κ3) is 2.11. The number of ether oxygens (including phenoxy) is 2. The van der Waals surface area contributed by atoms with E-state index in [-0.39, 0.29) is 0 Å². The molecule has 98 valence electrons. The Labute approximate surface area is 109 Å². The lowest BCUT2D eigenvalue weighted by molar-refractivity contribution is -0.160. The van der Waals surface area contributed by atoms with Crippen LogP contribution >= 0.6 is 11.3 Å². The zero-order chi connectivity index (χ0) is 12.6. The summed E-state index contributed by atoms with van der Waals surface area (Å²) < 4.78 is 11.4. The molecule has 0 unspecified atom stereocenters. The van der Waals surface area contributed by atoms with Crippen LogP contribution in [0.25, 0.3) is 0 Å². The average molecular weight is 269 g/mol. The molecule has 3 rings (SSSR count). The van der Waals surface area contributed by atoms with E-state index in [1.54, 1.807) is 6.07 Å². The molecule has 0 saturated carbocycles. The summed E-state index contributed by atoms with van der Waals surface area (Å²) in [6.45, 7) is 2.91. The van der Waals surface area contributed by atoms with Gasteiger partial charge in [0.05, 0.1) is 24.8 Å². The first-order valence-corrected chi connectivity index (χ1v) is 6.86. The standard InChI is InChI=1S/C12H15NO4S/c14-11(15)9-2-3-10(18-9)13-5-1-4-12(8-13)16-6-7-17-12/h2-3H,1,4-8H2,(H,14,15). The van der Waals surface area contributed by atoms with Gasteiger partial charge in [0.15, 0.2) is 5.79 Å². The van der Waals surface area contributed by atoms with Gasteiger partial charge in [-0.3, -0.25) is 0 Å². The molecule has 5 nitrogen and oxygen atoms in total. The van der Waals surface area contributed by atoms with Gasteiger partial charge < -0.3 is 19.5 Å². The second-order valence-electron chi connectivity index (χ2n) is 4.58. The number of carbonyl (C=O) groups is 1. The molecule has 0 amide bonds. The molecule has 0 bridgehead atoms. The van der Waals surface area contributed by atoms with Gasteiger partial charge in [0, 0.05) is 13.0 Å². The van der Waals surface area contributed by atoms with Crippen LogP contribution in [-0.2, 0) is 9.47 Å². The summed E-state index contributed by atoms with van der Waals surface area (Å²) in [7, 11) is 0. The Morgan fingerprint density at radius 3 is 2.83 bits per heavy atom. The van der Waals surface area contributed by atoms with E-state index in [0.717, 1.165) is 24.4 Å². The highest BCUT2D eigenvalue weighted by Crippen LogP contribution is 2.35. The number of rotatable bonds is 2. The van der Waals surface area contributed by atoms with Crippen molar-refractivity contribution in [2.24, 2.45) is 0 Å². The molecule has 1 aromatic rings. The van der Waals surface area contributed by atoms with Gasteiger partial charge in [0.2, 0.25) is 0 Å². The van der Waals surface area contributed by atoms with Crippen LogP contribution in [-0.4, -0.2) is 43.2 Å². The minimum absolute atomic E-state index is 0.373. The van der Waals surface area contributed by atoms with Gasteiger partial charge in [0.1, 0.15) is 4.88 Å². The van der Waals surface area contributed by atoms with E-state index in [2.05, 4.69) is 4.90 Å². The van der Waals surface area contributed by atoms with Crippen LogP contribution in [0.3, 0.4) is 0 Å². The van der Waals surface area contributed by atoms with Gasteiger partial charge >= 0.3 is 5.97 Å². The fourth-order valence-corrected chi connectivity index (χ4v) is 3.39. The highest BCUT2D eigenvalue weighted by Gasteiger charge is 2.41. The van der Waals surface area contributed by atoms with Crippen molar-refractivity contribution < 1.29 is 19.4 Å². The first-order valence-electron chi connectivity index (χ1n) is 6.05. The normalized spacial score (nSPS) is 22.6. The van der Waals surface area contributed by atoms with E-state index in [1.165, 1.54) is 11.3 Å². The second kappa shape index (κ2) is 4.53. The quantitative estimate of drug-likeness (QED) is 0.887. The maximum absolute atomic E-state index is 10.9.